The predicted octanol–water partition coefficient (Wildman–Crippen LogP) is 4.19. The summed E-state index contributed by atoms with van der Waals surface area (Å²) in [6.07, 6.45) is -0.701. The van der Waals surface area contributed by atoms with Crippen LogP contribution in [0.4, 0.5) is 10.1 Å². The van der Waals surface area contributed by atoms with E-state index in [2.05, 4.69) is 5.32 Å². The molecular weight excluding hydrogens is 293 g/mol. The van der Waals surface area contributed by atoms with Gasteiger partial charge in [0.15, 0.2) is 6.10 Å². The number of ether oxygens (including phenoxy) is 1. The minimum atomic E-state index is -0.701. The predicted molar refractivity (Wildman–Crippen MR) is 81.3 cm³/mol. The molecule has 1 unspecified atom stereocenters. The molecule has 5 heteroatoms. The summed E-state index contributed by atoms with van der Waals surface area (Å²) < 4.78 is 18.5. The van der Waals surface area contributed by atoms with Gasteiger partial charge in [0.05, 0.1) is 10.7 Å². The maximum Gasteiger partial charge on any atom is 0.265 e. The molecule has 2 aromatic carbocycles. The van der Waals surface area contributed by atoms with Crippen molar-refractivity contribution in [2.75, 3.05) is 5.32 Å². The zero-order chi connectivity index (χ0) is 15.4. The lowest BCUT2D eigenvalue weighted by Crippen LogP contribution is -2.30. The van der Waals surface area contributed by atoms with E-state index in [1.807, 2.05) is 25.1 Å². The fraction of sp³-hybridized carbons (Fsp3) is 0.188. The van der Waals surface area contributed by atoms with Crippen molar-refractivity contribution in [1.29, 1.82) is 0 Å². The zero-order valence-corrected chi connectivity index (χ0v) is 12.4. The van der Waals surface area contributed by atoms with Crippen LogP contribution in [0.25, 0.3) is 0 Å². The Labute approximate surface area is 127 Å². The number of hydrogen-bond donors (Lipinski definition) is 1. The number of carbonyl (C=O) groups is 1. The standard InChI is InChI=1S/C16H15ClFNO2/c1-10-4-3-5-13(8-10)21-11(2)16(20)19-15-7-6-12(18)9-14(15)17/h3-9,11H,1-2H3,(H,19,20). The van der Waals surface area contributed by atoms with Gasteiger partial charge in [-0.2, -0.15) is 0 Å². The maximum atomic E-state index is 12.9. The van der Waals surface area contributed by atoms with E-state index >= 15 is 0 Å². The van der Waals surface area contributed by atoms with Crippen LogP contribution >= 0.6 is 11.6 Å². The fourth-order valence-electron chi connectivity index (χ4n) is 1.77. The van der Waals surface area contributed by atoms with Crippen molar-refractivity contribution in [3.05, 3.63) is 58.9 Å². The Morgan fingerprint density at radius 3 is 2.71 bits per heavy atom. The molecule has 3 nitrogen and oxygen atoms in total. The summed E-state index contributed by atoms with van der Waals surface area (Å²) in [5.74, 6) is -0.199. The van der Waals surface area contributed by atoms with Crippen LogP contribution in [0.2, 0.25) is 5.02 Å². The van der Waals surface area contributed by atoms with E-state index in [-0.39, 0.29) is 10.9 Å². The molecule has 110 valence electrons. The molecule has 0 heterocycles. The first-order valence-electron chi connectivity index (χ1n) is 6.45. The molecule has 0 fully saturated rings. The van der Waals surface area contributed by atoms with Gasteiger partial charge in [-0.15, -0.1) is 0 Å². The Kier molecular flexibility index (Phi) is 4.81. The maximum absolute atomic E-state index is 12.9. The molecule has 0 aliphatic heterocycles. The second-order valence-corrected chi connectivity index (χ2v) is 5.10. The summed E-state index contributed by atoms with van der Waals surface area (Å²) in [4.78, 5) is 12.1. The highest BCUT2D eigenvalue weighted by Crippen LogP contribution is 2.23. The van der Waals surface area contributed by atoms with E-state index in [0.717, 1.165) is 11.6 Å². The van der Waals surface area contributed by atoms with Crippen molar-refractivity contribution < 1.29 is 13.9 Å². The summed E-state index contributed by atoms with van der Waals surface area (Å²) in [5.41, 5.74) is 1.39. The molecule has 0 aliphatic carbocycles. The van der Waals surface area contributed by atoms with Crippen LogP contribution in [0.3, 0.4) is 0 Å². The number of aryl methyl sites for hydroxylation is 1. The largest absolute Gasteiger partial charge is 0.481 e. The fourth-order valence-corrected chi connectivity index (χ4v) is 1.99. The lowest BCUT2D eigenvalue weighted by Gasteiger charge is -2.15. The van der Waals surface area contributed by atoms with Gasteiger partial charge in [0.25, 0.3) is 5.91 Å². The first kappa shape index (κ1) is 15.3. The molecule has 0 radical (unpaired) electrons. The van der Waals surface area contributed by atoms with Crippen molar-refractivity contribution in [3.8, 4) is 5.75 Å². The Morgan fingerprint density at radius 2 is 2.05 bits per heavy atom. The molecule has 0 aliphatic rings. The van der Waals surface area contributed by atoms with Crippen LogP contribution in [-0.2, 0) is 4.79 Å². The third-order valence-corrected chi connectivity index (χ3v) is 3.17. The molecule has 2 rings (SSSR count). The Balaban J connectivity index is 2.02. The van der Waals surface area contributed by atoms with Gasteiger partial charge >= 0.3 is 0 Å². The number of anilines is 1. The minimum Gasteiger partial charge on any atom is -0.481 e. The Morgan fingerprint density at radius 1 is 1.29 bits per heavy atom. The van der Waals surface area contributed by atoms with Crippen LogP contribution in [0.1, 0.15) is 12.5 Å². The van der Waals surface area contributed by atoms with E-state index < -0.39 is 11.9 Å². The number of benzene rings is 2. The number of nitrogens with one attached hydrogen (secondary N) is 1. The summed E-state index contributed by atoms with van der Waals surface area (Å²) >= 11 is 5.86. The third-order valence-electron chi connectivity index (χ3n) is 2.86. The zero-order valence-electron chi connectivity index (χ0n) is 11.7. The highest BCUT2D eigenvalue weighted by atomic mass is 35.5. The third kappa shape index (κ3) is 4.20. The molecule has 0 spiro atoms. The smallest absolute Gasteiger partial charge is 0.265 e. The summed E-state index contributed by atoms with van der Waals surface area (Å²) in [5, 5.41) is 2.75. The molecular formula is C16H15ClFNO2. The molecule has 0 saturated carbocycles. The van der Waals surface area contributed by atoms with E-state index in [1.165, 1.54) is 12.1 Å². The van der Waals surface area contributed by atoms with Gasteiger partial charge in [0.2, 0.25) is 0 Å². The van der Waals surface area contributed by atoms with E-state index in [1.54, 1.807) is 13.0 Å². The first-order chi connectivity index (χ1) is 9.95. The first-order valence-corrected chi connectivity index (χ1v) is 6.83. The molecule has 0 saturated heterocycles. The van der Waals surface area contributed by atoms with Crippen molar-refractivity contribution in [1.82, 2.24) is 0 Å². The topological polar surface area (TPSA) is 38.3 Å². The molecule has 1 amide bonds. The van der Waals surface area contributed by atoms with E-state index in [4.69, 9.17) is 16.3 Å². The quantitative estimate of drug-likeness (QED) is 0.919. The van der Waals surface area contributed by atoms with Gasteiger partial charge in [0.1, 0.15) is 11.6 Å². The lowest BCUT2D eigenvalue weighted by molar-refractivity contribution is -0.122. The van der Waals surface area contributed by atoms with Gasteiger partial charge in [-0.05, 0) is 49.7 Å². The van der Waals surface area contributed by atoms with Gasteiger partial charge in [-0.1, -0.05) is 23.7 Å². The molecule has 1 N–H and O–H groups in total. The summed E-state index contributed by atoms with van der Waals surface area (Å²) in [7, 11) is 0. The number of hydrogen-bond acceptors (Lipinski definition) is 2. The molecule has 1 atom stereocenters. The normalized spacial score (nSPS) is 11.8. The van der Waals surface area contributed by atoms with Crippen molar-refractivity contribution >= 4 is 23.2 Å². The average molecular weight is 308 g/mol. The van der Waals surface area contributed by atoms with Crippen LogP contribution in [-0.4, -0.2) is 12.0 Å². The second kappa shape index (κ2) is 6.59. The monoisotopic (exact) mass is 307 g/mol. The van der Waals surface area contributed by atoms with Crippen LogP contribution in [0.5, 0.6) is 5.75 Å². The molecule has 2 aromatic rings. The van der Waals surface area contributed by atoms with Gasteiger partial charge in [-0.3, -0.25) is 4.79 Å². The molecule has 21 heavy (non-hydrogen) atoms. The highest BCUT2D eigenvalue weighted by Gasteiger charge is 2.16. The van der Waals surface area contributed by atoms with Crippen LogP contribution < -0.4 is 10.1 Å². The van der Waals surface area contributed by atoms with Gasteiger partial charge in [-0.25, -0.2) is 4.39 Å². The highest BCUT2D eigenvalue weighted by molar-refractivity contribution is 6.33. The Hall–Kier alpha value is -2.07. The molecule has 0 aromatic heterocycles. The van der Waals surface area contributed by atoms with Gasteiger partial charge < -0.3 is 10.1 Å². The number of amides is 1. The van der Waals surface area contributed by atoms with Gasteiger partial charge in [0, 0.05) is 0 Å². The molecule has 0 bridgehead atoms. The second-order valence-electron chi connectivity index (χ2n) is 4.69. The average Bonchev–Trinajstić information content (AvgIpc) is 2.41. The summed E-state index contributed by atoms with van der Waals surface area (Å²) in [6.45, 7) is 3.57. The van der Waals surface area contributed by atoms with Crippen LogP contribution in [0.15, 0.2) is 42.5 Å². The van der Waals surface area contributed by atoms with E-state index in [9.17, 15) is 9.18 Å². The lowest BCUT2D eigenvalue weighted by atomic mass is 10.2. The number of halogens is 2. The number of carbonyl (C=O) groups excluding carboxylic acids is 1. The minimum absolute atomic E-state index is 0.145. The summed E-state index contributed by atoms with van der Waals surface area (Å²) in [6, 6.07) is 11.2. The van der Waals surface area contributed by atoms with Crippen molar-refractivity contribution in [2.45, 2.75) is 20.0 Å². The SMILES string of the molecule is Cc1cccc(OC(C)C(=O)Nc2ccc(F)cc2Cl)c1. The Bertz CT molecular complexity index is 660. The number of rotatable bonds is 4. The van der Waals surface area contributed by atoms with Crippen molar-refractivity contribution in [3.63, 3.8) is 0 Å². The van der Waals surface area contributed by atoms with Crippen molar-refractivity contribution in [2.24, 2.45) is 0 Å². The van der Waals surface area contributed by atoms with E-state index in [0.29, 0.717) is 11.4 Å². The van der Waals surface area contributed by atoms with Crippen LogP contribution in [0, 0.1) is 12.7 Å².